The summed E-state index contributed by atoms with van der Waals surface area (Å²) in [5.74, 6) is 1.58. The molecule has 2 aromatic carbocycles. The number of anilines is 1. The number of benzene rings is 2. The lowest BCUT2D eigenvalue weighted by molar-refractivity contribution is 0.216. The predicted molar refractivity (Wildman–Crippen MR) is 126 cm³/mol. The molecule has 2 aromatic rings. The molecule has 1 fully saturated rings. The van der Waals surface area contributed by atoms with Crippen molar-refractivity contribution in [2.24, 2.45) is 0 Å². The normalized spacial score (nSPS) is 14.7. The fourth-order valence-electron chi connectivity index (χ4n) is 4.41. The molecule has 0 saturated heterocycles. The van der Waals surface area contributed by atoms with Crippen LogP contribution in [0.25, 0.3) is 6.08 Å². The number of rotatable bonds is 7. The molecule has 0 aliphatic heterocycles. The summed E-state index contributed by atoms with van der Waals surface area (Å²) in [6, 6.07) is 18.5. The van der Waals surface area contributed by atoms with Gasteiger partial charge in [-0.3, -0.25) is 0 Å². The second-order valence-electron chi connectivity index (χ2n) is 8.23. The monoisotopic (exact) mass is 413 g/mol. The highest BCUT2D eigenvalue weighted by molar-refractivity contribution is 5.66. The highest BCUT2D eigenvalue weighted by Gasteiger charge is 2.17. The number of hydrogen-bond acceptors (Lipinski definition) is 4. The summed E-state index contributed by atoms with van der Waals surface area (Å²) >= 11 is 0. The first-order valence-corrected chi connectivity index (χ1v) is 11.2. The second-order valence-corrected chi connectivity index (χ2v) is 8.23. The number of aryl methyl sites for hydroxylation is 1. The van der Waals surface area contributed by atoms with Crippen LogP contribution in [0.4, 0.5) is 5.69 Å². The van der Waals surface area contributed by atoms with Crippen LogP contribution < -0.4 is 9.64 Å². The molecule has 1 unspecified atom stereocenters. The zero-order chi connectivity index (χ0) is 22.2. The predicted octanol–water partition coefficient (Wildman–Crippen LogP) is 6.72. The van der Waals surface area contributed by atoms with Crippen LogP contribution in [0.1, 0.15) is 68.6 Å². The SMILES string of the molecule is CCN(c1ccc(C=C(C#N)C#N)c(C)c1)C(C)Oc1ccc(C2CCCCC2)cc1. The van der Waals surface area contributed by atoms with Crippen LogP contribution in [0.5, 0.6) is 5.75 Å². The van der Waals surface area contributed by atoms with Gasteiger partial charge in [-0.1, -0.05) is 37.5 Å². The molecule has 0 spiro atoms. The third-order valence-corrected chi connectivity index (χ3v) is 6.17. The van der Waals surface area contributed by atoms with Crippen LogP contribution in [-0.4, -0.2) is 12.8 Å². The van der Waals surface area contributed by atoms with Crippen LogP contribution in [0, 0.1) is 29.6 Å². The quantitative estimate of drug-likeness (QED) is 0.373. The smallest absolute Gasteiger partial charge is 0.169 e. The van der Waals surface area contributed by atoms with Gasteiger partial charge in [0.25, 0.3) is 0 Å². The molecule has 0 radical (unpaired) electrons. The van der Waals surface area contributed by atoms with E-state index in [1.165, 1.54) is 37.7 Å². The maximum Gasteiger partial charge on any atom is 0.169 e. The van der Waals surface area contributed by atoms with Crippen molar-refractivity contribution in [3.8, 4) is 17.9 Å². The summed E-state index contributed by atoms with van der Waals surface area (Å²) in [6.07, 6.45) is 8.16. The van der Waals surface area contributed by atoms with E-state index in [1.807, 2.05) is 31.2 Å². The average molecular weight is 414 g/mol. The molecule has 0 heterocycles. The van der Waals surface area contributed by atoms with E-state index in [1.54, 1.807) is 6.08 Å². The number of hydrogen-bond donors (Lipinski definition) is 0. The Bertz CT molecular complexity index is 973. The third-order valence-electron chi connectivity index (χ3n) is 6.17. The summed E-state index contributed by atoms with van der Waals surface area (Å²) in [6.45, 7) is 6.96. The van der Waals surface area contributed by atoms with E-state index in [-0.39, 0.29) is 11.8 Å². The van der Waals surface area contributed by atoms with Crippen LogP contribution in [0.3, 0.4) is 0 Å². The van der Waals surface area contributed by atoms with E-state index < -0.39 is 0 Å². The summed E-state index contributed by atoms with van der Waals surface area (Å²) in [5, 5.41) is 18.0. The zero-order valence-corrected chi connectivity index (χ0v) is 18.8. The number of nitriles is 2. The fraction of sp³-hybridized carbons (Fsp3) is 0.407. The number of nitrogens with zero attached hydrogens (tertiary/aromatic N) is 3. The molecule has 31 heavy (non-hydrogen) atoms. The van der Waals surface area contributed by atoms with Crippen molar-refractivity contribution in [1.82, 2.24) is 0 Å². The van der Waals surface area contributed by atoms with Gasteiger partial charge in [0.1, 0.15) is 23.5 Å². The van der Waals surface area contributed by atoms with E-state index in [0.29, 0.717) is 5.92 Å². The molecule has 4 nitrogen and oxygen atoms in total. The van der Waals surface area contributed by atoms with Crippen LogP contribution >= 0.6 is 0 Å². The van der Waals surface area contributed by atoms with E-state index in [4.69, 9.17) is 15.3 Å². The molecule has 1 atom stereocenters. The number of allylic oxidation sites excluding steroid dienone is 1. The lowest BCUT2D eigenvalue weighted by atomic mass is 9.84. The average Bonchev–Trinajstić information content (AvgIpc) is 2.80. The van der Waals surface area contributed by atoms with Crippen LogP contribution in [0.15, 0.2) is 48.0 Å². The first-order chi connectivity index (χ1) is 15.0. The van der Waals surface area contributed by atoms with Gasteiger partial charge in [-0.05, 0) is 86.6 Å². The molecular weight excluding hydrogens is 382 g/mol. The molecule has 3 rings (SSSR count). The Morgan fingerprint density at radius 1 is 1.10 bits per heavy atom. The van der Waals surface area contributed by atoms with Gasteiger partial charge >= 0.3 is 0 Å². The fourth-order valence-corrected chi connectivity index (χ4v) is 4.41. The van der Waals surface area contributed by atoms with E-state index >= 15 is 0 Å². The Morgan fingerprint density at radius 2 is 1.77 bits per heavy atom. The Morgan fingerprint density at radius 3 is 2.35 bits per heavy atom. The Hall–Kier alpha value is -3.24. The van der Waals surface area contributed by atoms with Crippen molar-refractivity contribution in [3.63, 3.8) is 0 Å². The van der Waals surface area contributed by atoms with Crippen molar-refractivity contribution < 1.29 is 4.74 Å². The summed E-state index contributed by atoms with van der Waals surface area (Å²) in [7, 11) is 0. The molecule has 1 saturated carbocycles. The van der Waals surface area contributed by atoms with E-state index in [2.05, 4.69) is 49.1 Å². The van der Waals surface area contributed by atoms with Gasteiger partial charge in [0.05, 0.1) is 0 Å². The van der Waals surface area contributed by atoms with Gasteiger partial charge in [-0.2, -0.15) is 10.5 Å². The van der Waals surface area contributed by atoms with Crippen molar-refractivity contribution in [1.29, 1.82) is 10.5 Å². The number of ether oxygens (including phenoxy) is 1. The Balaban J connectivity index is 1.70. The molecule has 0 aromatic heterocycles. The molecule has 1 aliphatic rings. The molecule has 0 amide bonds. The van der Waals surface area contributed by atoms with Crippen molar-refractivity contribution in [2.45, 2.75) is 65.0 Å². The maximum absolute atomic E-state index is 9.00. The third kappa shape index (κ3) is 5.68. The van der Waals surface area contributed by atoms with Crippen molar-refractivity contribution >= 4 is 11.8 Å². The lowest BCUT2D eigenvalue weighted by Gasteiger charge is -2.31. The lowest BCUT2D eigenvalue weighted by Crippen LogP contribution is -2.37. The van der Waals surface area contributed by atoms with E-state index in [9.17, 15) is 0 Å². The van der Waals surface area contributed by atoms with E-state index in [0.717, 1.165) is 29.1 Å². The summed E-state index contributed by atoms with van der Waals surface area (Å²) in [4.78, 5) is 2.20. The van der Waals surface area contributed by atoms with Crippen molar-refractivity contribution in [2.75, 3.05) is 11.4 Å². The highest BCUT2D eigenvalue weighted by atomic mass is 16.5. The molecule has 4 heteroatoms. The molecule has 0 bridgehead atoms. The molecular formula is C27H31N3O. The van der Waals surface area contributed by atoms with Crippen molar-refractivity contribution in [3.05, 3.63) is 64.7 Å². The first kappa shape index (κ1) is 22.4. The highest BCUT2D eigenvalue weighted by Crippen LogP contribution is 2.33. The standard InChI is InChI=1S/C27H31N3O/c1-4-30(26-13-10-25(20(2)16-26)17-22(18-28)19-29)21(3)31-27-14-11-24(12-15-27)23-8-6-5-7-9-23/h10-17,21,23H,4-9H2,1-3H3. The summed E-state index contributed by atoms with van der Waals surface area (Å²) < 4.78 is 6.26. The minimum atomic E-state index is -0.125. The van der Waals surface area contributed by atoms with Gasteiger partial charge in [0, 0.05) is 12.2 Å². The van der Waals surface area contributed by atoms with Gasteiger partial charge in [0.2, 0.25) is 0 Å². The Kier molecular flexibility index (Phi) is 7.74. The first-order valence-electron chi connectivity index (χ1n) is 11.2. The second kappa shape index (κ2) is 10.7. The van der Waals surface area contributed by atoms with Gasteiger partial charge in [-0.15, -0.1) is 0 Å². The zero-order valence-electron chi connectivity index (χ0n) is 18.8. The maximum atomic E-state index is 9.00. The molecule has 1 aliphatic carbocycles. The minimum Gasteiger partial charge on any atom is -0.471 e. The van der Waals surface area contributed by atoms with Crippen LogP contribution in [0.2, 0.25) is 0 Å². The molecule has 160 valence electrons. The minimum absolute atomic E-state index is 0.108. The van der Waals surface area contributed by atoms with Gasteiger partial charge < -0.3 is 9.64 Å². The molecule has 0 N–H and O–H groups in total. The summed E-state index contributed by atoms with van der Waals surface area (Å²) in [5.41, 5.74) is 4.49. The van der Waals surface area contributed by atoms with Gasteiger partial charge in [-0.25, -0.2) is 0 Å². The van der Waals surface area contributed by atoms with Gasteiger partial charge in [0.15, 0.2) is 6.23 Å². The Labute approximate surface area is 186 Å². The topological polar surface area (TPSA) is 60.0 Å². The van der Waals surface area contributed by atoms with Crippen LogP contribution in [-0.2, 0) is 0 Å². The largest absolute Gasteiger partial charge is 0.471 e.